The first-order valence-electron chi connectivity index (χ1n) is 9.96. The van der Waals surface area contributed by atoms with Crippen molar-refractivity contribution >= 4 is 17.2 Å². The molecule has 1 aliphatic carbocycles. The van der Waals surface area contributed by atoms with Crippen LogP contribution in [0.1, 0.15) is 64.0 Å². The number of likely N-dealkylation sites (tertiary alicyclic amines) is 1. The minimum absolute atomic E-state index is 0.217. The fourth-order valence-corrected chi connectivity index (χ4v) is 5.49. The normalized spacial score (nSPS) is 20.1. The molecule has 3 heterocycles. The van der Waals surface area contributed by atoms with E-state index in [9.17, 15) is 4.79 Å². The van der Waals surface area contributed by atoms with E-state index in [2.05, 4.69) is 25.0 Å². The Kier molecular flexibility index (Phi) is 5.32. The first-order valence-corrected chi connectivity index (χ1v) is 10.8. The highest BCUT2D eigenvalue weighted by Crippen LogP contribution is 2.33. The molecule has 4 rings (SSSR count). The van der Waals surface area contributed by atoms with Crippen molar-refractivity contribution in [2.75, 3.05) is 27.2 Å². The molecule has 146 valence electrons. The van der Waals surface area contributed by atoms with Crippen LogP contribution in [-0.4, -0.2) is 57.7 Å². The Morgan fingerprint density at radius 3 is 2.89 bits per heavy atom. The van der Waals surface area contributed by atoms with Crippen LogP contribution in [0.4, 0.5) is 0 Å². The highest BCUT2D eigenvalue weighted by molar-refractivity contribution is 7.10. The van der Waals surface area contributed by atoms with E-state index >= 15 is 0 Å². The monoisotopic (exact) mass is 387 g/mol. The van der Waals surface area contributed by atoms with E-state index in [4.69, 9.17) is 0 Å². The van der Waals surface area contributed by atoms with Crippen LogP contribution in [0.15, 0.2) is 5.38 Å². The van der Waals surface area contributed by atoms with Gasteiger partial charge in [-0.25, -0.2) is 0 Å². The van der Waals surface area contributed by atoms with Gasteiger partial charge in [0, 0.05) is 36.3 Å². The molecule has 27 heavy (non-hydrogen) atoms. The minimum Gasteiger partial charge on any atom is -0.338 e. The van der Waals surface area contributed by atoms with Gasteiger partial charge < -0.3 is 14.4 Å². The summed E-state index contributed by atoms with van der Waals surface area (Å²) >= 11 is 1.77. The largest absolute Gasteiger partial charge is 0.338 e. The van der Waals surface area contributed by atoms with Crippen molar-refractivity contribution in [2.24, 2.45) is 7.05 Å². The summed E-state index contributed by atoms with van der Waals surface area (Å²) in [6.45, 7) is 2.37. The van der Waals surface area contributed by atoms with E-state index in [1.54, 1.807) is 11.3 Å². The Morgan fingerprint density at radius 1 is 1.26 bits per heavy atom. The molecule has 1 amide bonds. The molecule has 1 aliphatic heterocycles. The predicted octanol–water partition coefficient (Wildman–Crippen LogP) is 2.84. The number of nitrogens with zero attached hydrogens (tertiary/aromatic N) is 5. The van der Waals surface area contributed by atoms with Gasteiger partial charge in [0.2, 0.25) is 0 Å². The van der Waals surface area contributed by atoms with Gasteiger partial charge in [-0.2, -0.15) is 0 Å². The van der Waals surface area contributed by atoms with E-state index in [0.29, 0.717) is 0 Å². The second-order valence-corrected chi connectivity index (χ2v) is 9.08. The van der Waals surface area contributed by atoms with E-state index in [0.717, 1.165) is 62.5 Å². The third kappa shape index (κ3) is 3.67. The molecule has 0 spiro atoms. The lowest BCUT2D eigenvalue weighted by Crippen LogP contribution is -2.40. The Bertz CT molecular complexity index is 824. The van der Waals surface area contributed by atoms with E-state index in [1.807, 2.05) is 26.0 Å². The van der Waals surface area contributed by atoms with Gasteiger partial charge in [-0.1, -0.05) is 0 Å². The molecule has 7 heteroatoms. The van der Waals surface area contributed by atoms with Crippen molar-refractivity contribution in [3.63, 3.8) is 0 Å². The number of piperidine rings is 1. The summed E-state index contributed by atoms with van der Waals surface area (Å²) in [5.74, 6) is 2.47. The van der Waals surface area contributed by atoms with Gasteiger partial charge in [0.25, 0.3) is 5.91 Å². The Balaban J connectivity index is 1.51. The van der Waals surface area contributed by atoms with Gasteiger partial charge in [0.05, 0.1) is 12.1 Å². The number of amides is 1. The summed E-state index contributed by atoms with van der Waals surface area (Å²) in [6, 6.07) is 0. The zero-order chi connectivity index (χ0) is 19.0. The van der Waals surface area contributed by atoms with Crippen molar-refractivity contribution in [2.45, 2.75) is 51.0 Å². The molecular formula is C20H29N5OS. The van der Waals surface area contributed by atoms with Crippen LogP contribution in [0.2, 0.25) is 0 Å². The number of aromatic nitrogens is 3. The fraction of sp³-hybridized carbons (Fsp3) is 0.650. The summed E-state index contributed by atoms with van der Waals surface area (Å²) in [7, 11) is 6.12. The molecule has 0 radical (unpaired) electrons. The van der Waals surface area contributed by atoms with Crippen LogP contribution < -0.4 is 0 Å². The summed E-state index contributed by atoms with van der Waals surface area (Å²) in [4.78, 5) is 18.8. The van der Waals surface area contributed by atoms with E-state index in [1.165, 1.54) is 23.3 Å². The van der Waals surface area contributed by atoms with Gasteiger partial charge >= 0.3 is 0 Å². The third-order valence-electron chi connectivity index (χ3n) is 5.82. The minimum atomic E-state index is 0.217. The molecular weight excluding hydrogens is 358 g/mol. The van der Waals surface area contributed by atoms with Crippen LogP contribution in [0.3, 0.4) is 0 Å². The first kappa shape index (κ1) is 18.6. The first-order chi connectivity index (χ1) is 13.0. The van der Waals surface area contributed by atoms with Gasteiger partial charge in [-0.05, 0) is 58.2 Å². The van der Waals surface area contributed by atoms with Crippen molar-refractivity contribution in [1.82, 2.24) is 24.6 Å². The Hall–Kier alpha value is -1.73. The molecule has 6 nitrogen and oxygen atoms in total. The van der Waals surface area contributed by atoms with Crippen molar-refractivity contribution < 1.29 is 4.79 Å². The zero-order valence-corrected chi connectivity index (χ0v) is 17.4. The number of carbonyl (C=O) groups excluding carboxylic acids is 1. The zero-order valence-electron chi connectivity index (χ0n) is 16.6. The van der Waals surface area contributed by atoms with Gasteiger partial charge in [-0.3, -0.25) is 4.79 Å². The highest BCUT2D eigenvalue weighted by atomic mass is 32.1. The molecule has 1 atom stereocenters. The number of carbonyl (C=O) groups is 1. The van der Waals surface area contributed by atoms with Crippen LogP contribution >= 0.6 is 11.3 Å². The Morgan fingerprint density at radius 2 is 2.07 bits per heavy atom. The number of thiophene rings is 1. The van der Waals surface area contributed by atoms with E-state index < -0.39 is 0 Å². The summed E-state index contributed by atoms with van der Waals surface area (Å²) < 4.78 is 2.12. The van der Waals surface area contributed by atoms with Crippen molar-refractivity contribution in [3.8, 4) is 0 Å². The molecule has 1 saturated heterocycles. The van der Waals surface area contributed by atoms with E-state index in [-0.39, 0.29) is 11.8 Å². The molecule has 2 aromatic rings. The number of hydrogen-bond donors (Lipinski definition) is 0. The van der Waals surface area contributed by atoms with Crippen LogP contribution in [0.5, 0.6) is 0 Å². The molecule has 2 aromatic heterocycles. The molecule has 2 aliphatic rings. The lowest BCUT2D eigenvalue weighted by Gasteiger charge is -2.32. The summed E-state index contributed by atoms with van der Waals surface area (Å²) in [5.41, 5.74) is 2.28. The lowest BCUT2D eigenvalue weighted by molar-refractivity contribution is 0.0702. The topological polar surface area (TPSA) is 54.3 Å². The molecule has 0 aromatic carbocycles. The average Bonchev–Trinajstić information content (AvgIpc) is 3.25. The van der Waals surface area contributed by atoms with Crippen LogP contribution in [0.25, 0.3) is 0 Å². The van der Waals surface area contributed by atoms with Crippen molar-refractivity contribution in [3.05, 3.63) is 33.0 Å². The molecule has 1 fully saturated rings. The second-order valence-electron chi connectivity index (χ2n) is 8.12. The number of hydrogen-bond acceptors (Lipinski definition) is 5. The molecule has 0 N–H and O–H groups in total. The highest BCUT2D eigenvalue weighted by Gasteiger charge is 2.31. The van der Waals surface area contributed by atoms with Crippen LogP contribution in [0, 0.1) is 0 Å². The smallest absolute Gasteiger partial charge is 0.255 e. The van der Waals surface area contributed by atoms with Crippen LogP contribution in [-0.2, 0) is 26.4 Å². The molecule has 0 bridgehead atoms. The number of rotatable bonds is 4. The number of aryl methyl sites for hydroxylation is 1. The van der Waals surface area contributed by atoms with Gasteiger partial charge in [0.15, 0.2) is 0 Å². The standard InChI is InChI=1S/C20H29N5OS/c1-23(2)12-18-21-22-19(24(18)3)14-7-6-10-25(11-14)20(26)16-13-27-17-9-5-4-8-15(16)17/h13-14H,4-12H2,1-3H3/t14-/m1/s1. The van der Waals surface area contributed by atoms with Crippen molar-refractivity contribution in [1.29, 1.82) is 0 Å². The fourth-order valence-electron chi connectivity index (χ4n) is 4.37. The SMILES string of the molecule is CN(C)Cc1nnc([C@@H]2CCCN(C(=O)c3csc4c3CCCC4)C2)n1C. The maximum absolute atomic E-state index is 13.2. The Labute approximate surface area is 165 Å². The quantitative estimate of drug-likeness (QED) is 0.810. The third-order valence-corrected chi connectivity index (χ3v) is 6.91. The number of fused-ring (bicyclic) bond motifs is 1. The maximum Gasteiger partial charge on any atom is 0.255 e. The molecule has 0 unspecified atom stereocenters. The lowest BCUT2D eigenvalue weighted by atomic mass is 9.93. The molecule has 0 saturated carbocycles. The van der Waals surface area contributed by atoms with Gasteiger partial charge in [-0.15, -0.1) is 21.5 Å². The predicted molar refractivity (Wildman–Crippen MR) is 107 cm³/mol. The maximum atomic E-state index is 13.2. The average molecular weight is 388 g/mol. The van der Waals surface area contributed by atoms with Gasteiger partial charge in [0.1, 0.15) is 11.6 Å². The summed E-state index contributed by atoms with van der Waals surface area (Å²) in [6.07, 6.45) is 6.77. The second kappa shape index (κ2) is 7.72. The summed E-state index contributed by atoms with van der Waals surface area (Å²) in [5, 5.41) is 10.9.